The van der Waals surface area contributed by atoms with Crippen LogP contribution in [-0.2, 0) is 20.8 Å². The van der Waals surface area contributed by atoms with E-state index in [-0.39, 0.29) is 19.6 Å². The number of para-hydroxylation sites is 2. The van der Waals surface area contributed by atoms with Crippen LogP contribution >= 0.6 is 11.3 Å². The molecule has 0 unspecified atom stereocenters. The number of rotatable bonds is 11. The lowest BCUT2D eigenvalue weighted by Gasteiger charge is -2.15. The number of carbonyl (C=O) groups is 3. The Labute approximate surface area is 238 Å². The first-order valence-corrected chi connectivity index (χ1v) is 13.5. The van der Waals surface area contributed by atoms with Gasteiger partial charge in [0.25, 0.3) is 11.8 Å². The number of fused-ring (bicyclic) bond motifs is 2. The van der Waals surface area contributed by atoms with Gasteiger partial charge in [-0.05, 0) is 42.0 Å². The molecule has 3 aromatic carbocycles. The Kier molecular flexibility index (Phi) is 8.42. The van der Waals surface area contributed by atoms with Crippen molar-refractivity contribution in [3.63, 3.8) is 0 Å². The fraction of sp³-hybridized carbons (Fsp3) is 0.172. The Morgan fingerprint density at radius 3 is 2.59 bits per heavy atom. The summed E-state index contributed by atoms with van der Waals surface area (Å²) in [6.45, 7) is -0.704. The molecule has 2 heterocycles. The maximum atomic E-state index is 12.3. The van der Waals surface area contributed by atoms with E-state index in [0.717, 1.165) is 37.3 Å². The van der Waals surface area contributed by atoms with Gasteiger partial charge in [0.15, 0.2) is 18.1 Å². The van der Waals surface area contributed by atoms with Crippen molar-refractivity contribution in [1.82, 2.24) is 26.1 Å². The minimum atomic E-state index is -1.09. The van der Waals surface area contributed by atoms with Crippen molar-refractivity contribution in [3.05, 3.63) is 78.5 Å². The number of carboxylic acid groups (broad SMARTS) is 1. The number of aromatic nitrogens is 2. The summed E-state index contributed by atoms with van der Waals surface area (Å²) < 4.78 is 12.1. The van der Waals surface area contributed by atoms with E-state index in [2.05, 4.69) is 26.1 Å². The average molecular weight is 574 g/mol. The number of carbonyl (C=O) groups excluding carboxylic acids is 2. The van der Waals surface area contributed by atoms with Gasteiger partial charge in [-0.3, -0.25) is 30.6 Å². The first-order chi connectivity index (χ1) is 19.9. The van der Waals surface area contributed by atoms with Crippen molar-refractivity contribution in [3.8, 4) is 22.1 Å². The van der Waals surface area contributed by atoms with Crippen molar-refractivity contribution in [2.24, 2.45) is 0 Å². The zero-order chi connectivity index (χ0) is 28.8. The molecule has 0 saturated carbocycles. The number of nitrogens with zero attached hydrogens (tertiary/aromatic N) is 1. The number of hydrogen-bond donors (Lipinski definition) is 5. The summed E-state index contributed by atoms with van der Waals surface area (Å²) in [6.07, 6.45) is 1.93. The normalized spacial score (nSPS) is 11.7. The molecule has 0 fully saturated rings. The highest BCUT2D eigenvalue weighted by molar-refractivity contribution is 7.21. The molecule has 0 spiro atoms. The number of thiazole rings is 1. The highest BCUT2D eigenvalue weighted by atomic mass is 32.1. The Hall–Kier alpha value is -4.94. The third-order valence-corrected chi connectivity index (χ3v) is 7.40. The molecule has 0 aliphatic carbocycles. The molecule has 0 aliphatic rings. The van der Waals surface area contributed by atoms with Crippen LogP contribution in [-0.4, -0.2) is 59.2 Å². The summed E-state index contributed by atoms with van der Waals surface area (Å²) >= 11 is 1.56. The van der Waals surface area contributed by atoms with Gasteiger partial charge in [-0.25, -0.2) is 4.98 Å². The van der Waals surface area contributed by atoms with Gasteiger partial charge in [0.2, 0.25) is 0 Å². The van der Waals surface area contributed by atoms with Gasteiger partial charge in [0, 0.05) is 29.1 Å². The lowest BCUT2D eigenvalue weighted by atomic mass is 10.1. The second kappa shape index (κ2) is 12.5. The Bertz CT molecular complexity index is 1680. The van der Waals surface area contributed by atoms with Gasteiger partial charge in [-0.15, -0.1) is 11.3 Å². The molecule has 0 aliphatic heterocycles. The largest absolute Gasteiger partial charge is 0.493 e. The van der Waals surface area contributed by atoms with Crippen LogP contribution < -0.4 is 25.6 Å². The second-order valence-electron chi connectivity index (χ2n) is 9.07. The predicted octanol–water partition coefficient (Wildman–Crippen LogP) is 3.26. The van der Waals surface area contributed by atoms with E-state index in [1.54, 1.807) is 29.7 Å². The smallest absolute Gasteiger partial charge is 0.321 e. The fourth-order valence-corrected chi connectivity index (χ4v) is 5.22. The van der Waals surface area contributed by atoms with Crippen molar-refractivity contribution in [2.45, 2.75) is 12.5 Å². The first-order valence-electron chi connectivity index (χ1n) is 12.7. The van der Waals surface area contributed by atoms with E-state index in [0.29, 0.717) is 11.5 Å². The van der Waals surface area contributed by atoms with E-state index in [1.807, 2.05) is 54.6 Å². The lowest BCUT2D eigenvalue weighted by Crippen LogP contribution is -2.49. The number of aromatic amines is 1. The molecule has 11 nitrogen and oxygen atoms in total. The summed E-state index contributed by atoms with van der Waals surface area (Å²) in [5.41, 5.74) is 7.99. The molecule has 5 aromatic rings. The van der Waals surface area contributed by atoms with Crippen LogP contribution in [0.2, 0.25) is 0 Å². The van der Waals surface area contributed by atoms with E-state index in [1.165, 1.54) is 7.11 Å². The minimum Gasteiger partial charge on any atom is -0.493 e. The topological polar surface area (TPSA) is 155 Å². The van der Waals surface area contributed by atoms with Crippen LogP contribution in [0.5, 0.6) is 11.5 Å². The number of carboxylic acids is 1. The van der Waals surface area contributed by atoms with Crippen molar-refractivity contribution in [2.75, 3.05) is 20.3 Å². The van der Waals surface area contributed by atoms with Gasteiger partial charge >= 0.3 is 5.97 Å². The second-order valence-corrected chi connectivity index (χ2v) is 10.1. The Morgan fingerprint density at radius 2 is 1.78 bits per heavy atom. The lowest BCUT2D eigenvalue weighted by molar-refractivity contribution is -0.139. The van der Waals surface area contributed by atoms with Gasteiger partial charge in [0.05, 0.1) is 23.9 Å². The minimum absolute atomic E-state index is 0.173. The number of hydrazine groups is 1. The van der Waals surface area contributed by atoms with E-state index >= 15 is 0 Å². The highest BCUT2D eigenvalue weighted by Crippen LogP contribution is 2.36. The Morgan fingerprint density at radius 1 is 1.00 bits per heavy atom. The van der Waals surface area contributed by atoms with E-state index in [4.69, 9.17) is 9.47 Å². The summed E-state index contributed by atoms with van der Waals surface area (Å²) in [4.78, 5) is 44.0. The van der Waals surface area contributed by atoms with Crippen LogP contribution in [0, 0.1) is 0 Å². The SMILES string of the molecule is COc1cc(-c2nc3ccccc3s2)ccc1OCC(=O)NNC(=O)CN[C@@H](Cc1c[nH]c2ccccc12)C(=O)O. The summed E-state index contributed by atoms with van der Waals surface area (Å²) in [6, 6.07) is 19.7. The van der Waals surface area contributed by atoms with Crippen LogP contribution in [0.1, 0.15) is 5.56 Å². The zero-order valence-corrected chi connectivity index (χ0v) is 22.8. The molecule has 1 atom stereocenters. The van der Waals surface area contributed by atoms with Crippen LogP contribution in [0.15, 0.2) is 72.9 Å². The maximum Gasteiger partial charge on any atom is 0.321 e. The third-order valence-electron chi connectivity index (χ3n) is 6.31. The standard InChI is InChI=1S/C29H27N5O6S/c1-39-24-13-17(28-32-21-8-4-5-9-25(21)41-28)10-11-23(24)40-16-27(36)34-33-26(35)15-31-22(29(37)38)12-18-14-30-20-7-3-2-6-19(18)20/h2-11,13-14,22,30-31H,12,15-16H2,1H3,(H,33,35)(H,34,36)(H,37,38)/t22-/m0/s1. The quantitative estimate of drug-likeness (QED) is 0.151. The fourth-order valence-electron chi connectivity index (χ4n) is 4.26. The molecular formula is C29H27N5O6S. The number of hydrogen-bond acceptors (Lipinski definition) is 8. The van der Waals surface area contributed by atoms with Crippen LogP contribution in [0.3, 0.4) is 0 Å². The van der Waals surface area contributed by atoms with Gasteiger partial charge in [0.1, 0.15) is 11.0 Å². The molecule has 0 bridgehead atoms. The summed E-state index contributed by atoms with van der Waals surface area (Å²) in [5.74, 6) is -1.53. The molecule has 12 heteroatoms. The summed E-state index contributed by atoms with van der Waals surface area (Å²) in [5, 5.41) is 14.1. The number of H-pyrrole nitrogens is 1. The number of aliphatic carboxylic acids is 1. The number of nitrogens with one attached hydrogen (secondary N) is 4. The van der Waals surface area contributed by atoms with Gasteiger partial charge in [-0.2, -0.15) is 0 Å². The Balaban J connectivity index is 1.10. The third kappa shape index (κ3) is 6.62. The monoisotopic (exact) mass is 573 g/mol. The number of amides is 2. The molecule has 41 heavy (non-hydrogen) atoms. The number of ether oxygens (including phenoxy) is 2. The molecule has 2 aromatic heterocycles. The molecule has 0 saturated heterocycles. The summed E-state index contributed by atoms with van der Waals surface area (Å²) in [7, 11) is 1.50. The zero-order valence-electron chi connectivity index (χ0n) is 22.0. The highest BCUT2D eigenvalue weighted by Gasteiger charge is 2.20. The van der Waals surface area contributed by atoms with E-state index < -0.39 is 23.8 Å². The van der Waals surface area contributed by atoms with Gasteiger partial charge in [-0.1, -0.05) is 30.3 Å². The van der Waals surface area contributed by atoms with Gasteiger partial charge < -0.3 is 19.6 Å². The number of benzene rings is 3. The molecule has 210 valence electrons. The molecular weight excluding hydrogens is 546 g/mol. The van der Waals surface area contributed by atoms with Crippen LogP contribution in [0.25, 0.3) is 31.7 Å². The molecule has 5 rings (SSSR count). The number of methoxy groups -OCH3 is 1. The van der Waals surface area contributed by atoms with Crippen LogP contribution in [0.4, 0.5) is 0 Å². The average Bonchev–Trinajstić information content (AvgIpc) is 3.61. The van der Waals surface area contributed by atoms with Crippen molar-refractivity contribution < 1.29 is 29.0 Å². The first kappa shape index (κ1) is 27.6. The molecule has 0 radical (unpaired) electrons. The van der Waals surface area contributed by atoms with Crippen molar-refractivity contribution >= 4 is 50.2 Å². The molecule has 5 N–H and O–H groups in total. The predicted molar refractivity (Wildman–Crippen MR) is 155 cm³/mol. The maximum absolute atomic E-state index is 12.3. The van der Waals surface area contributed by atoms with Crippen molar-refractivity contribution in [1.29, 1.82) is 0 Å². The molecule has 2 amide bonds. The van der Waals surface area contributed by atoms with E-state index in [9.17, 15) is 19.5 Å².